The number of piperidine rings is 1. The lowest BCUT2D eigenvalue weighted by Crippen LogP contribution is -2.41. The van der Waals surface area contributed by atoms with Gasteiger partial charge in [-0.3, -0.25) is 4.79 Å². The van der Waals surface area contributed by atoms with Gasteiger partial charge in [0.05, 0.1) is 0 Å². The molecule has 6 nitrogen and oxygen atoms in total. The van der Waals surface area contributed by atoms with Crippen LogP contribution >= 0.6 is 0 Å². The number of hydrogen-bond acceptors (Lipinski definition) is 5. The molecule has 1 aliphatic rings. The van der Waals surface area contributed by atoms with Crippen LogP contribution in [0.1, 0.15) is 19.8 Å². The van der Waals surface area contributed by atoms with Crippen molar-refractivity contribution in [3.8, 4) is 0 Å². The summed E-state index contributed by atoms with van der Waals surface area (Å²) in [6.07, 6.45) is 5.23. The van der Waals surface area contributed by atoms with Crippen molar-refractivity contribution in [3.63, 3.8) is 0 Å². The molecule has 2 rings (SSSR count). The highest BCUT2D eigenvalue weighted by atomic mass is 16.5. The van der Waals surface area contributed by atoms with Crippen LogP contribution in [0.2, 0.25) is 0 Å². The number of anilines is 1. The third-order valence-corrected chi connectivity index (χ3v) is 3.74. The monoisotopic (exact) mass is 278 g/mol. The molecule has 1 aliphatic heterocycles. The largest absolute Gasteiger partial charge is 0.372 e. The Bertz CT molecular complexity index is 418. The SMILES string of the molecule is CO[C@@H](C)C(=O)NCC1CCN(c2ncccn2)CC1. The van der Waals surface area contributed by atoms with Gasteiger partial charge in [0.15, 0.2) is 0 Å². The maximum Gasteiger partial charge on any atom is 0.248 e. The second kappa shape index (κ2) is 7.19. The molecule has 110 valence electrons. The van der Waals surface area contributed by atoms with E-state index in [1.54, 1.807) is 26.4 Å². The summed E-state index contributed by atoms with van der Waals surface area (Å²) in [4.78, 5) is 22.4. The first kappa shape index (κ1) is 14.7. The molecule has 1 aromatic heterocycles. The van der Waals surface area contributed by atoms with Gasteiger partial charge < -0.3 is 15.0 Å². The molecule has 0 radical (unpaired) electrons. The number of hydrogen-bond donors (Lipinski definition) is 1. The summed E-state index contributed by atoms with van der Waals surface area (Å²) in [5.41, 5.74) is 0. The molecular weight excluding hydrogens is 256 g/mol. The average Bonchev–Trinajstić information content (AvgIpc) is 2.53. The van der Waals surface area contributed by atoms with Crippen LogP contribution in [0.4, 0.5) is 5.95 Å². The number of carbonyl (C=O) groups excluding carboxylic acids is 1. The van der Waals surface area contributed by atoms with E-state index in [4.69, 9.17) is 4.74 Å². The Labute approximate surface area is 119 Å². The van der Waals surface area contributed by atoms with E-state index in [1.807, 2.05) is 6.07 Å². The molecule has 1 saturated heterocycles. The minimum absolute atomic E-state index is 0.0404. The highest BCUT2D eigenvalue weighted by molar-refractivity contribution is 5.80. The van der Waals surface area contributed by atoms with Gasteiger partial charge in [0.1, 0.15) is 6.10 Å². The zero-order valence-corrected chi connectivity index (χ0v) is 12.1. The molecule has 0 aromatic carbocycles. The van der Waals surface area contributed by atoms with Gasteiger partial charge in [-0.1, -0.05) is 0 Å². The standard InChI is InChI=1S/C14H22N4O2/c1-11(20-2)13(19)17-10-12-4-8-18(9-5-12)14-15-6-3-7-16-14/h3,6-7,11-12H,4-5,8-10H2,1-2H3,(H,17,19)/t11-/m0/s1. The average molecular weight is 278 g/mol. The number of nitrogens with zero attached hydrogens (tertiary/aromatic N) is 3. The van der Waals surface area contributed by atoms with Gasteiger partial charge >= 0.3 is 0 Å². The number of ether oxygens (including phenoxy) is 1. The number of amides is 1. The summed E-state index contributed by atoms with van der Waals surface area (Å²) in [6.45, 7) is 4.34. The third kappa shape index (κ3) is 3.90. The van der Waals surface area contributed by atoms with Crippen LogP contribution in [0.5, 0.6) is 0 Å². The van der Waals surface area contributed by atoms with Crippen LogP contribution in [0.15, 0.2) is 18.5 Å². The van der Waals surface area contributed by atoms with Crippen LogP contribution in [0.3, 0.4) is 0 Å². The Morgan fingerprint density at radius 3 is 2.70 bits per heavy atom. The van der Waals surface area contributed by atoms with Crippen molar-refractivity contribution in [2.24, 2.45) is 5.92 Å². The number of nitrogens with one attached hydrogen (secondary N) is 1. The Kier molecular flexibility index (Phi) is 5.29. The van der Waals surface area contributed by atoms with Crippen LogP contribution < -0.4 is 10.2 Å². The molecule has 0 saturated carbocycles. The van der Waals surface area contributed by atoms with E-state index >= 15 is 0 Å². The molecule has 0 bridgehead atoms. The Morgan fingerprint density at radius 2 is 2.10 bits per heavy atom. The van der Waals surface area contributed by atoms with E-state index < -0.39 is 0 Å². The third-order valence-electron chi connectivity index (χ3n) is 3.74. The molecule has 0 unspecified atom stereocenters. The fourth-order valence-electron chi connectivity index (χ4n) is 2.29. The molecule has 1 N–H and O–H groups in total. The predicted molar refractivity (Wildman–Crippen MR) is 76.4 cm³/mol. The highest BCUT2D eigenvalue weighted by Gasteiger charge is 2.21. The van der Waals surface area contributed by atoms with Crippen LogP contribution in [0.25, 0.3) is 0 Å². The zero-order valence-electron chi connectivity index (χ0n) is 12.1. The zero-order chi connectivity index (χ0) is 14.4. The van der Waals surface area contributed by atoms with Gasteiger partial charge in [-0.2, -0.15) is 0 Å². The van der Waals surface area contributed by atoms with Gasteiger partial charge in [-0.15, -0.1) is 0 Å². The number of carbonyl (C=O) groups is 1. The van der Waals surface area contributed by atoms with E-state index in [1.165, 1.54) is 0 Å². The maximum absolute atomic E-state index is 11.6. The Balaban J connectivity index is 1.73. The maximum atomic E-state index is 11.6. The van der Waals surface area contributed by atoms with Gasteiger partial charge in [0.25, 0.3) is 0 Å². The van der Waals surface area contributed by atoms with Gasteiger partial charge in [0.2, 0.25) is 11.9 Å². The molecular formula is C14H22N4O2. The first-order valence-electron chi connectivity index (χ1n) is 7.03. The second-order valence-corrected chi connectivity index (χ2v) is 5.10. The van der Waals surface area contributed by atoms with Crippen molar-refractivity contribution in [2.75, 3.05) is 31.6 Å². The van der Waals surface area contributed by atoms with E-state index in [0.29, 0.717) is 5.92 Å². The molecule has 0 spiro atoms. The van der Waals surface area contributed by atoms with E-state index in [0.717, 1.165) is 38.4 Å². The highest BCUT2D eigenvalue weighted by Crippen LogP contribution is 2.19. The summed E-state index contributed by atoms with van der Waals surface area (Å²) >= 11 is 0. The fourth-order valence-corrected chi connectivity index (χ4v) is 2.29. The lowest BCUT2D eigenvalue weighted by molar-refractivity contribution is -0.130. The van der Waals surface area contributed by atoms with Crippen molar-refractivity contribution < 1.29 is 9.53 Å². The molecule has 2 heterocycles. The smallest absolute Gasteiger partial charge is 0.248 e. The fraction of sp³-hybridized carbons (Fsp3) is 0.643. The Hall–Kier alpha value is -1.69. The van der Waals surface area contributed by atoms with E-state index in [9.17, 15) is 4.79 Å². The van der Waals surface area contributed by atoms with Crippen molar-refractivity contribution in [1.82, 2.24) is 15.3 Å². The van der Waals surface area contributed by atoms with E-state index in [2.05, 4.69) is 20.2 Å². The molecule has 1 atom stereocenters. The lowest BCUT2D eigenvalue weighted by atomic mass is 9.97. The van der Waals surface area contributed by atoms with Crippen molar-refractivity contribution in [1.29, 1.82) is 0 Å². The molecule has 1 fully saturated rings. The second-order valence-electron chi connectivity index (χ2n) is 5.10. The summed E-state index contributed by atoms with van der Waals surface area (Å²) in [5.74, 6) is 1.27. The molecule has 6 heteroatoms. The minimum Gasteiger partial charge on any atom is -0.372 e. The number of methoxy groups -OCH3 is 1. The minimum atomic E-state index is -0.382. The van der Waals surface area contributed by atoms with Crippen molar-refractivity contribution in [3.05, 3.63) is 18.5 Å². The van der Waals surface area contributed by atoms with Crippen molar-refractivity contribution >= 4 is 11.9 Å². The van der Waals surface area contributed by atoms with E-state index in [-0.39, 0.29) is 12.0 Å². The predicted octanol–water partition coefficient (Wildman–Crippen LogP) is 0.844. The summed E-state index contributed by atoms with van der Waals surface area (Å²) in [5, 5.41) is 2.94. The summed E-state index contributed by atoms with van der Waals surface area (Å²) < 4.78 is 4.99. The first-order valence-corrected chi connectivity index (χ1v) is 7.03. The number of rotatable bonds is 5. The first-order chi connectivity index (χ1) is 9.70. The normalized spacial score (nSPS) is 17.8. The van der Waals surface area contributed by atoms with Gasteiger partial charge in [-0.05, 0) is 31.7 Å². The summed E-state index contributed by atoms with van der Waals surface area (Å²) in [7, 11) is 1.54. The quantitative estimate of drug-likeness (QED) is 0.864. The van der Waals surface area contributed by atoms with Crippen LogP contribution in [-0.4, -0.2) is 48.7 Å². The van der Waals surface area contributed by atoms with Gasteiger partial charge in [-0.25, -0.2) is 9.97 Å². The van der Waals surface area contributed by atoms with Crippen molar-refractivity contribution in [2.45, 2.75) is 25.9 Å². The van der Waals surface area contributed by atoms with Crippen LogP contribution in [-0.2, 0) is 9.53 Å². The molecule has 20 heavy (non-hydrogen) atoms. The summed E-state index contributed by atoms with van der Waals surface area (Å²) in [6, 6.07) is 1.82. The lowest BCUT2D eigenvalue weighted by Gasteiger charge is -2.32. The number of aromatic nitrogens is 2. The van der Waals surface area contributed by atoms with Crippen LogP contribution in [0, 0.1) is 5.92 Å². The topological polar surface area (TPSA) is 67.3 Å². The molecule has 1 aromatic rings. The van der Waals surface area contributed by atoms with Gasteiger partial charge in [0, 0.05) is 39.1 Å². The molecule has 1 amide bonds. The Morgan fingerprint density at radius 1 is 1.45 bits per heavy atom. The molecule has 0 aliphatic carbocycles.